The van der Waals surface area contributed by atoms with Crippen LogP contribution < -0.4 is 0 Å². The molecule has 5 nitrogen and oxygen atoms in total. The molecule has 1 aliphatic rings. The predicted molar refractivity (Wildman–Crippen MR) is 105 cm³/mol. The second kappa shape index (κ2) is 11.8. The predicted octanol–water partition coefficient (Wildman–Crippen LogP) is 4.11. The van der Waals surface area contributed by atoms with Crippen molar-refractivity contribution >= 4 is 11.9 Å². The molecule has 1 aromatic rings. The first-order valence-corrected chi connectivity index (χ1v) is 10.2. The van der Waals surface area contributed by atoms with Crippen molar-refractivity contribution in [2.75, 3.05) is 19.7 Å². The quantitative estimate of drug-likeness (QED) is 0.527. The van der Waals surface area contributed by atoms with Gasteiger partial charge in [-0.15, -0.1) is 0 Å². The molecular weight excluding hydrogens is 342 g/mol. The van der Waals surface area contributed by atoms with Crippen LogP contribution in [0.25, 0.3) is 0 Å². The fourth-order valence-corrected chi connectivity index (χ4v) is 3.79. The first-order valence-electron chi connectivity index (χ1n) is 10.2. The van der Waals surface area contributed by atoms with E-state index in [1.807, 2.05) is 23.1 Å². The van der Waals surface area contributed by atoms with E-state index in [1.54, 1.807) is 0 Å². The Kier molecular flexibility index (Phi) is 9.32. The van der Waals surface area contributed by atoms with Crippen molar-refractivity contribution in [3.8, 4) is 0 Å². The van der Waals surface area contributed by atoms with Crippen LogP contribution in [-0.2, 0) is 20.9 Å². The number of benzene rings is 1. The molecule has 5 heteroatoms. The Hall–Kier alpha value is -1.88. The topological polar surface area (TPSA) is 66.8 Å². The monoisotopic (exact) mass is 375 g/mol. The number of amides is 1. The van der Waals surface area contributed by atoms with E-state index in [0.717, 1.165) is 58.2 Å². The summed E-state index contributed by atoms with van der Waals surface area (Å²) < 4.78 is 5.69. The van der Waals surface area contributed by atoms with Crippen molar-refractivity contribution in [1.82, 2.24) is 4.90 Å². The van der Waals surface area contributed by atoms with Gasteiger partial charge in [0, 0.05) is 19.7 Å². The Labute approximate surface area is 162 Å². The lowest BCUT2D eigenvalue weighted by Crippen LogP contribution is -2.29. The van der Waals surface area contributed by atoms with Gasteiger partial charge in [-0.25, -0.2) is 0 Å². The first-order chi connectivity index (χ1) is 13.1. The number of carbonyl (C=O) groups excluding carboxylic acids is 1. The Balaban J connectivity index is 1.64. The Morgan fingerprint density at radius 1 is 1.19 bits per heavy atom. The van der Waals surface area contributed by atoms with Gasteiger partial charge >= 0.3 is 5.97 Å². The fourth-order valence-electron chi connectivity index (χ4n) is 3.79. The lowest BCUT2D eigenvalue weighted by molar-refractivity contribution is -0.142. The normalized spacial score (nSPS) is 19.6. The van der Waals surface area contributed by atoms with E-state index >= 15 is 0 Å². The van der Waals surface area contributed by atoms with Crippen LogP contribution in [0.2, 0.25) is 0 Å². The Morgan fingerprint density at radius 3 is 2.67 bits per heavy atom. The molecule has 1 heterocycles. The van der Waals surface area contributed by atoms with Crippen molar-refractivity contribution in [2.24, 2.45) is 11.8 Å². The maximum absolute atomic E-state index is 12.6. The molecule has 1 saturated heterocycles. The number of ether oxygens (including phenoxy) is 1. The first kappa shape index (κ1) is 21.4. The molecule has 0 radical (unpaired) electrons. The van der Waals surface area contributed by atoms with Crippen molar-refractivity contribution in [1.29, 1.82) is 0 Å². The van der Waals surface area contributed by atoms with Gasteiger partial charge in [0.1, 0.15) is 0 Å². The van der Waals surface area contributed by atoms with Crippen LogP contribution in [0.15, 0.2) is 30.3 Å². The fraction of sp³-hybridized carbons (Fsp3) is 0.636. The highest BCUT2D eigenvalue weighted by atomic mass is 16.5. The summed E-state index contributed by atoms with van der Waals surface area (Å²) in [6, 6.07) is 10.1. The van der Waals surface area contributed by atoms with Gasteiger partial charge < -0.3 is 14.7 Å². The van der Waals surface area contributed by atoms with E-state index in [1.165, 1.54) is 5.56 Å². The molecule has 1 N–H and O–H groups in total. The second-order valence-electron chi connectivity index (χ2n) is 7.49. The van der Waals surface area contributed by atoms with E-state index in [2.05, 4.69) is 19.1 Å². The van der Waals surface area contributed by atoms with Crippen LogP contribution in [0.1, 0.15) is 57.4 Å². The van der Waals surface area contributed by atoms with E-state index in [4.69, 9.17) is 9.84 Å². The second-order valence-corrected chi connectivity index (χ2v) is 7.49. The van der Waals surface area contributed by atoms with E-state index in [0.29, 0.717) is 6.61 Å². The van der Waals surface area contributed by atoms with Gasteiger partial charge in [-0.1, -0.05) is 50.1 Å². The zero-order valence-corrected chi connectivity index (χ0v) is 16.4. The number of likely N-dealkylation sites (tertiary alicyclic amines) is 1. The third kappa shape index (κ3) is 7.33. The number of aliphatic carboxylic acids is 1. The summed E-state index contributed by atoms with van der Waals surface area (Å²) in [5.41, 5.74) is 1.18. The van der Waals surface area contributed by atoms with Gasteiger partial charge in [0.05, 0.1) is 18.9 Å². The third-order valence-corrected chi connectivity index (χ3v) is 5.30. The zero-order valence-electron chi connectivity index (χ0n) is 16.4. The molecule has 0 saturated carbocycles. The molecule has 0 aliphatic carbocycles. The van der Waals surface area contributed by atoms with Gasteiger partial charge in [-0.05, 0) is 37.2 Å². The average molecular weight is 376 g/mol. The third-order valence-electron chi connectivity index (χ3n) is 5.30. The Morgan fingerprint density at radius 2 is 1.96 bits per heavy atom. The summed E-state index contributed by atoms with van der Waals surface area (Å²) in [7, 11) is 0. The minimum atomic E-state index is -0.868. The van der Waals surface area contributed by atoms with Gasteiger partial charge in [0.2, 0.25) is 5.91 Å². The van der Waals surface area contributed by atoms with Crippen molar-refractivity contribution in [2.45, 2.75) is 58.5 Å². The van der Waals surface area contributed by atoms with Gasteiger partial charge in [0.25, 0.3) is 0 Å². The van der Waals surface area contributed by atoms with Crippen molar-refractivity contribution in [3.05, 3.63) is 35.9 Å². The molecular formula is C22H33NO4. The van der Waals surface area contributed by atoms with E-state index < -0.39 is 5.97 Å². The van der Waals surface area contributed by atoms with Gasteiger partial charge in [0.15, 0.2) is 0 Å². The summed E-state index contributed by atoms with van der Waals surface area (Å²) in [6.07, 6.45) is 5.99. The van der Waals surface area contributed by atoms with Crippen LogP contribution in [0.3, 0.4) is 0 Å². The largest absolute Gasteiger partial charge is 0.481 e. The standard InChI is InChI=1S/C22H33NO4/c1-2-3-12-19-16-23(22(26)20(19)15-21(24)25)13-8-5-9-14-27-17-18-10-6-4-7-11-18/h4,6-7,10-11,19-20H,2-3,5,8-9,12-17H2,1H3,(H,24,25). The molecule has 1 fully saturated rings. The molecule has 27 heavy (non-hydrogen) atoms. The molecule has 1 aromatic carbocycles. The average Bonchev–Trinajstić information content (AvgIpc) is 2.95. The molecule has 2 atom stereocenters. The van der Waals surface area contributed by atoms with E-state index in [9.17, 15) is 9.59 Å². The summed E-state index contributed by atoms with van der Waals surface area (Å²) in [6.45, 7) is 4.95. The summed E-state index contributed by atoms with van der Waals surface area (Å²) in [5.74, 6) is -0.961. The van der Waals surface area contributed by atoms with Crippen molar-refractivity contribution < 1.29 is 19.4 Å². The molecule has 1 aliphatic heterocycles. The molecule has 0 aromatic heterocycles. The number of rotatable bonds is 13. The van der Waals surface area contributed by atoms with Crippen LogP contribution in [0.4, 0.5) is 0 Å². The highest BCUT2D eigenvalue weighted by Crippen LogP contribution is 2.31. The minimum absolute atomic E-state index is 0.0307. The lowest BCUT2D eigenvalue weighted by Gasteiger charge is -2.16. The van der Waals surface area contributed by atoms with Crippen LogP contribution in [0.5, 0.6) is 0 Å². The molecule has 150 valence electrons. The van der Waals surface area contributed by atoms with Crippen LogP contribution >= 0.6 is 0 Å². The van der Waals surface area contributed by atoms with Gasteiger partial charge in [-0.3, -0.25) is 9.59 Å². The number of hydrogen-bond acceptors (Lipinski definition) is 3. The minimum Gasteiger partial charge on any atom is -0.481 e. The Bertz CT molecular complexity index is 575. The smallest absolute Gasteiger partial charge is 0.304 e. The van der Waals surface area contributed by atoms with Crippen molar-refractivity contribution in [3.63, 3.8) is 0 Å². The number of unbranched alkanes of at least 4 members (excludes halogenated alkanes) is 3. The molecule has 0 bridgehead atoms. The summed E-state index contributed by atoms with van der Waals surface area (Å²) in [4.78, 5) is 25.6. The number of carbonyl (C=O) groups is 2. The zero-order chi connectivity index (χ0) is 19.5. The summed E-state index contributed by atoms with van der Waals surface area (Å²) >= 11 is 0. The maximum atomic E-state index is 12.6. The van der Waals surface area contributed by atoms with Crippen LogP contribution in [-0.4, -0.2) is 41.6 Å². The highest BCUT2D eigenvalue weighted by molar-refractivity contribution is 5.85. The number of carboxylic acids is 1. The molecule has 2 rings (SSSR count). The number of carboxylic acid groups (broad SMARTS) is 1. The molecule has 2 unspecified atom stereocenters. The lowest BCUT2D eigenvalue weighted by atomic mass is 9.88. The van der Waals surface area contributed by atoms with E-state index in [-0.39, 0.29) is 24.2 Å². The van der Waals surface area contributed by atoms with Gasteiger partial charge in [-0.2, -0.15) is 0 Å². The summed E-state index contributed by atoms with van der Waals surface area (Å²) in [5, 5.41) is 9.12. The SMILES string of the molecule is CCCCC1CN(CCCCCOCc2ccccc2)C(=O)C1CC(=O)O. The highest BCUT2D eigenvalue weighted by Gasteiger charge is 2.40. The maximum Gasteiger partial charge on any atom is 0.304 e. The molecule has 1 amide bonds. The van der Waals surface area contributed by atoms with Crippen LogP contribution in [0, 0.1) is 11.8 Å². The molecule has 0 spiro atoms. The number of nitrogens with zero attached hydrogens (tertiary/aromatic N) is 1. The number of hydrogen-bond donors (Lipinski definition) is 1.